The molecule has 84 valence electrons. The molecule has 3 aliphatic rings. The first-order chi connectivity index (χ1) is 7.36. The third-order valence-electron chi connectivity index (χ3n) is 4.73. The number of likely N-dealkylation sites (tertiary alicyclic amines) is 1. The van der Waals surface area contributed by atoms with E-state index in [1.54, 1.807) is 0 Å². The van der Waals surface area contributed by atoms with Crippen molar-refractivity contribution in [3.8, 4) is 0 Å². The van der Waals surface area contributed by atoms with Crippen LogP contribution in [-0.2, 0) is 4.79 Å². The summed E-state index contributed by atoms with van der Waals surface area (Å²) in [6.07, 6.45) is 10.1. The first-order valence-electron chi connectivity index (χ1n) is 6.65. The van der Waals surface area contributed by atoms with E-state index in [1.807, 2.05) is 0 Å². The molecule has 2 saturated carbocycles. The SMILES string of the molecule is O=C1CCCC1N1CCC2CCCCC21. The predicted octanol–water partition coefficient (Wildman–Crippen LogP) is 2.37. The van der Waals surface area contributed by atoms with Crippen molar-refractivity contribution in [2.75, 3.05) is 6.54 Å². The second kappa shape index (κ2) is 3.89. The lowest BCUT2D eigenvalue weighted by atomic mass is 9.85. The molecule has 3 atom stereocenters. The van der Waals surface area contributed by atoms with Gasteiger partial charge >= 0.3 is 0 Å². The number of hydrogen-bond donors (Lipinski definition) is 0. The molecule has 0 amide bonds. The highest BCUT2D eigenvalue weighted by Crippen LogP contribution is 2.39. The molecule has 0 spiro atoms. The summed E-state index contributed by atoms with van der Waals surface area (Å²) >= 11 is 0. The lowest BCUT2D eigenvalue weighted by Crippen LogP contribution is -2.44. The van der Waals surface area contributed by atoms with E-state index in [9.17, 15) is 4.79 Å². The van der Waals surface area contributed by atoms with Crippen molar-refractivity contribution in [1.82, 2.24) is 4.90 Å². The Hall–Kier alpha value is -0.370. The van der Waals surface area contributed by atoms with Gasteiger partial charge in [0, 0.05) is 12.5 Å². The van der Waals surface area contributed by atoms with E-state index < -0.39 is 0 Å². The van der Waals surface area contributed by atoms with Gasteiger partial charge in [-0.2, -0.15) is 0 Å². The number of Topliss-reactive ketones (excluding diaryl/α,β-unsaturated/α-hetero) is 1. The normalized spacial score (nSPS) is 42.1. The van der Waals surface area contributed by atoms with E-state index in [-0.39, 0.29) is 0 Å². The minimum atomic E-state index is 0.318. The van der Waals surface area contributed by atoms with Crippen LogP contribution in [0.3, 0.4) is 0 Å². The van der Waals surface area contributed by atoms with Crippen LogP contribution in [0.25, 0.3) is 0 Å². The summed E-state index contributed by atoms with van der Waals surface area (Å²) < 4.78 is 0. The molecule has 3 rings (SSSR count). The maximum atomic E-state index is 11.8. The Bertz CT molecular complexity index is 263. The molecular formula is C13H21NO. The zero-order chi connectivity index (χ0) is 10.3. The highest BCUT2D eigenvalue weighted by atomic mass is 16.1. The Morgan fingerprint density at radius 3 is 2.67 bits per heavy atom. The third-order valence-corrected chi connectivity index (χ3v) is 4.73. The highest BCUT2D eigenvalue weighted by Gasteiger charge is 2.42. The summed E-state index contributed by atoms with van der Waals surface area (Å²) in [7, 11) is 0. The van der Waals surface area contributed by atoms with Gasteiger partial charge in [-0.05, 0) is 44.6 Å². The van der Waals surface area contributed by atoms with E-state index in [4.69, 9.17) is 0 Å². The summed E-state index contributed by atoms with van der Waals surface area (Å²) in [5.41, 5.74) is 0. The van der Waals surface area contributed by atoms with Crippen LogP contribution < -0.4 is 0 Å². The van der Waals surface area contributed by atoms with Crippen molar-refractivity contribution < 1.29 is 4.79 Å². The topological polar surface area (TPSA) is 20.3 Å². The molecule has 15 heavy (non-hydrogen) atoms. The monoisotopic (exact) mass is 207 g/mol. The summed E-state index contributed by atoms with van der Waals surface area (Å²) in [5, 5.41) is 0. The molecule has 3 fully saturated rings. The van der Waals surface area contributed by atoms with Gasteiger partial charge in [-0.15, -0.1) is 0 Å². The van der Waals surface area contributed by atoms with Gasteiger partial charge in [-0.1, -0.05) is 12.8 Å². The smallest absolute Gasteiger partial charge is 0.149 e. The fourth-order valence-electron chi connectivity index (χ4n) is 3.98. The summed E-state index contributed by atoms with van der Waals surface area (Å²) in [5.74, 6) is 1.45. The maximum absolute atomic E-state index is 11.8. The molecule has 2 heteroatoms. The van der Waals surface area contributed by atoms with Gasteiger partial charge in [0.25, 0.3) is 0 Å². The Labute approximate surface area is 92.0 Å². The quantitative estimate of drug-likeness (QED) is 0.658. The van der Waals surface area contributed by atoms with E-state index in [1.165, 1.54) is 38.6 Å². The zero-order valence-corrected chi connectivity index (χ0v) is 9.45. The molecule has 0 aromatic heterocycles. The van der Waals surface area contributed by atoms with Crippen LogP contribution in [0.4, 0.5) is 0 Å². The second-order valence-electron chi connectivity index (χ2n) is 5.51. The lowest BCUT2D eigenvalue weighted by molar-refractivity contribution is -0.122. The van der Waals surface area contributed by atoms with Crippen LogP contribution in [0, 0.1) is 5.92 Å². The molecule has 0 bridgehead atoms. The Morgan fingerprint density at radius 2 is 1.87 bits per heavy atom. The minimum absolute atomic E-state index is 0.318. The van der Waals surface area contributed by atoms with Crippen LogP contribution in [0.15, 0.2) is 0 Å². The number of nitrogens with zero attached hydrogens (tertiary/aromatic N) is 1. The number of rotatable bonds is 1. The van der Waals surface area contributed by atoms with Crippen LogP contribution in [0.5, 0.6) is 0 Å². The molecule has 1 heterocycles. The molecule has 3 unspecified atom stereocenters. The van der Waals surface area contributed by atoms with E-state index in [2.05, 4.69) is 4.90 Å². The van der Waals surface area contributed by atoms with Gasteiger partial charge in [0.15, 0.2) is 0 Å². The highest BCUT2D eigenvalue weighted by molar-refractivity contribution is 5.86. The molecule has 0 aromatic rings. The summed E-state index contributed by atoms with van der Waals surface area (Å²) in [6, 6.07) is 1.09. The first-order valence-corrected chi connectivity index (χ1v) is 6.65. The van der Waals surface area contributed by atoms with Crippen molar-refractivity contribution in [2.45, 2.75) is 63.5 Å². The van der Waals surface area contributed by atoms with Crippen molar-refractivity contribution in [1.29, 1.82) is 0 Å². The van der Waals surface area contributed by atoms with E-state index >= 15 is 0 Å². The second-order valence-corrected chi connectivity index (χ2v) is 5.51. The van der Waals surface area contributed by atoms with Gasteiger partial charge in [-0.3, -0.25) is 9.69 Å². The molecule has 0 radical (unpaired) electrons. The fourth-order valence-corrected chi connectivity index (χ4v) is 3.98. The number of carbonyl (C=O) groups excluding carboxylic acids is 1. The van der Waals surface area contributed by atoms with Crippen molar-refractivity contribution in [3.05, 3.63) is 0 Å². The van der Waals surface area contributed by atoms with E-state index in [0.717, 1.165) is 31.2 Å². The van der Waals surface area contributed by atoms with Gasteiger partial charge < -0.3 is 0 Å². The Balaban J connectivity index is 1.73. The lowest BCUT2D eigenvalue weighted by Gasteiger charge is -2.34. The Morgan fingerprint density at radius 1 is 1.00 bits per heavy atom. The van der Waals surface area contributed by atoms with Crippen molar-refractivity contribution in [2.24, 2.45) is 5.92 Å². The number of fused-ring (bicyclic) bond motifs is 1. The molecule has 0 N–H and O–H groups in total. The van der Waals surface area contributed by atoms with Crippen LogP contribution in [0.2, 0.25) is 0 Å². The molecule has 2 nitrogen and oxygen atoms in total. The molecule has 0 aromatic carbocycles. The predicted molar refractivity (Wildman–Crippen MR) is 59.7 cm³/mol. The number of hydrogen-bond acceptors (Lipinski definition) is 2. The van der Waals surface area contributed by atoms with Crippen molar-refractivity contribution >= 4 is 5.78 Å². The molecule has 2 aliphatic carbocycles. The molecule has 1 saturated heterocycles. The largest absolute Gasteiger partial charge is 0.298 e. The van der Waals surface area contributed by atoms with Gasteiger partial charge in [-0.25, -0.2) is 0 Å². The van der Waals surface area contributed by atoms with Crippen molar-refractivity contribution in [3.63, 3.8) is 0 Å². The average molecular weight is 207 g/mol. The van der Waals surface area contributed by atoms with Crippen LogP contribution in [-0.4, -0.2) is 29.3 Å². The Kier molecular flexibility index (Phi) is 2.55. The third kappa shape index (κ3) is 1.63. The average Bonchev–Trinajstić information content (AvgIpc) is 2.83. The standard InChI is InChI=1S/C13H21NO/c15-13-7-3-6-12(13)14-9-8-10-4-1-2-5-11(10)14/h10-12H,1-9H2. The summed E-state index contributed by atoms with van der Waals surface area (Å²) in [4.78, 5) is 14.4. The summed E-state index contributed by atoms with van der Waals surface area (Å²) in [6.45, 7) is 1.20. The molecule has 1 aliphatic heterocycles. The first kappa shape index (κ1) is 9.83. The van der Waals surface area contributed by atoms with Crippen LogP contribution in [0.1, 0.15) is 51.4 Å². The van der Waals surface area contributed by atoms with Crippen LogP contribution >= 0.6 is 0 Å². The van der Waals surface area contributed by atoms with Gasteiger partial charge in [0.05, 0.1) is 6.04 Å². The maximum Gasteiger partial charge on any atom is 0.149 e. The van der Waals surface area contributed by atoms with Gasteiger partial charge in [0.2, 0.25) is 0 Å². The zero-order valence-electron chi connectivity index (χ0n) is 9.45. The number of carbonyl (C=O) groups is 1. The number of ketones is 1. The minimum Gasteiger partial charge on any atom is -0.298 e. The van der Waals surface area contributed by atoms with E-state index in [0.29, 0.717) is 11.8 Å². The van der Waals surface area contributed by atoms with Gasteiger partial charge in [0.1, 0.15) is 5.78 Å². The fraction of sp³-hybridized carbons (Fsp3) is 0.923. The molecular weight excluding hydrogens is 186 g/mol.